The first-order chi connectivity index (χ1) is 10.8. The number of carbonyl (C=O) groups excluding carboxylic acids is 3. The highest BCUT2D eigenvalue weighted by molar-refractivity contribution is 5.85. The van der Waals surface area contributed by atoms with Gasteiger partial charge in [0.25, 0.3) is 0 Å². The number of esters is 2. The van der Waals surface area contributed by atoms with Crippen molar-refractivity contribution in [2.24, 2.45) is 5.92 Å². The Morgan fingerprint density at radius 3 is 2.22 bits per heavy atom. The average molecular weight is 321 g/mol. The van der Waals surface area contributed by atoms with Gasteiger partial charge in [0.2, 0.25) is 5.91 Å². The number of nitrogens with one attached hydrogen (secondary N) is 1. The third kappa shape index (κ3) is 7.44. The van der Waals surface area contributed by atoms with Gasteiger partial charge in [-0.15, -0.1) is 0 Å². The summed E-state index contributed by atoms with van der Waals surface area (Å²) in [6.45, 7) is 6.95. The monoisotopic (exact) mass is 321 g/mol. The van der Waals surface area contributed by atoms with Crippen molar-refractivity contribution in [1.82, 2.24) is 5.32 Å². The molecule has 0 saturated carbocycles. The Labute approximate surface area is 136 Å². The van der Waals surface area contributed by atoms with Gasteiger partial charge in [-0.25, -0.2) is 4.79 Å². The van der Waals surface area contributed by atoms with Crippen molar-refractivity contribution < 1.29 is 23.9 Å². The largest absolute Gasteiger partial charge is 0.461 e. The highest BCUT2D eigenvalue weighted by atomic mass is 16.5. The average Bonchev–Trinajstić information content (AvgIpc) is 2.45. The van der Waals surface area contributed by atoms with Gasteiger partial charge < -0.3 is 14.8 Å². The van der Waals surface area contributed by atoms with E-state index in [1.54, 1.807) is 31.2 Å². The van der Waals surface area contributed by atoms with E-state index in [0.717, 1.165) is 5.56 Å². The highest BCUT2D eigenvalue weighted by Crippen LogP contribution is 2.14. The minimum atomic E-state index is -0.720. The van der Waals surface area contributed by atoms with Crippen LogP contribution in [0.3, 0.4) is 0 Å². The number of ether oxygens (including phenoxy) is 2. The SMILES string of the molecule is CC(=O)OCc1ccc(OC(=O)[C@H](C)NC(=O)CC(C)C)cc1. The lowest BCUT2D eigenvalue weighted by atomic mass is 10.1. The zero-order valence-corrected chi connectivity index (χ0v) is 13.9. The van der Waals surface area contributed by atoms with Crippen molar-refractivity contribution in [3.8, 4) is 5.75 Å². The zero-order valence-electron chi connectivity index (χ0n) is 13.9. The van der Waals surface area contributed by atoms with Crippen molar-refractivity contribution in [3.63, 3.8) is 0 Å². The number of benzene rings is 1. The van der Waals surface area contributed by atoms with Crippen molar-refractivity contribution in [2.45, 2.75) is 46.8 Å². The summed E-state index contributed by atoms with van der Waals surface area (Å²) in [5.41, 5.74) is 0.790. The molecule has 0 unspecified atom stereocenters. The Bertz CT molecular complexity index is 551. The molecule has 126 valence electrons. The minimum absolute atomic E-state index is 0.172. The molecule has 23 heavy (non-hydrogen) atoms. The maximum Gasteiger partial charge on any atom is 0.333 e. The molecule has 0 aliphatic heterocycles. The summed E-state index contributed by atoms with van der Waals surface area (Å²) in [5.74, 6) is -0.475. The quantitative estimate of drug-likeness (QED) is 0.615. The smallest absolute Gasteiger partial charge is 0.333 e. The Hall–Kier alpha value is -2.37. The molecule has 0 heterocycles. The van der Waals surface area contributed by atoms with E-state index < -0.39 is 12.0 Å². The summed E-state index contributed by atoms with van der Waals surface area (Å²) in [6, 6.07) is 5.90. The molecule has 0 aliphatic carbocycles. The third-order valence-electron chi connectivity index (χ3n) is 2.91. The summed E-state index contributed by atoms with van der Waals surface area (Å²) in [6.07, 6.45) is 0.364. The fourth-order valence-corrected chi connectivity index (χ4v) is 1.77. The summed E-state index contributed by atoms with van der Waals surface area (Å²) in [4.78, 5) is 34.3. The Balaban J connectivity index is 2.50. The number of amides is 1. The predicted molar refractivity (Wildman–Crippen MR) is 84.6 cm³/mol. The molecule has 1 aromatic carbocycles. The highest BCUT2D eigenvalue weighted by Gasteiger charge is 2.18. The van der Waals surface area contributed by atoms with Crippen LogP contribution in [0.5, 0.6) is 5.75 Å². The summed E-state index contributed by atoms with van der Waals surface area (Å²) in [5, 5.41) is 2.60. The molecule has 1 amide bonds. The molecule has 0 radical (unpaired) electrons. The van der Waals surface area contributed by atoms with Crippen LogP contribution in [-0.2, 0) is 25.7 Å². The van der Waals surface area contributed by atoms with E-state index in [4.69, 9.17) is 9.47 Å². The van der Waals surface area contributed by atoms with Crippen LogP contribution in [0.2, 0.25) is 0 Å². The van der Waals surface area contributed by atoms with Crippen LogP contribution >= 0.6 is 0 Å². The van der Waals surface area contributed by atoms with Crippen LogP contribution in [0.4, 0.5) is 0 Å². The van der Waals surface area contributed by atoms with Crippen LogP contribution < -0.4 is 10.1 Å². The Kier molecular flexibility index (Phi) is 7.25. The second-order valence-corrected chi connectivity index (χ2v) is 5.73. The van der Waals surface area contributed by atoms with Gasteiger partial charge in [0.1, 0.15) is 18.4 Å². The van der Waals surface area contributed by atoms with Crippen molar-refractivity contribution in [3.05, 3.63) is 29.8 Å². The molecule has 1 aromatic rings. The molecule has 0 aliphatic rings. The van der Waals surface area contributed by atoms with E-state index in [0.29, 0.717) is 12.2 Å². The van der Waals surface area contributed by atoms with Crippen LogP contribution in [0.25, 0.3) is 0 Å². The summed E-state index contributed by atoms with van der Waals surface area (Å²) < 4.78 is 10.1. The van der Waals surface area contributed by atoms with Gasteiger partial charge in [0, 0.05) is 13.3 Å². The summed E-state index contributed by atoms with van der Waals surface area (Å²) in [7, 11) is 0. The first-order valence-corrected chi connectivity index (χ1v) is 7.51. The maximum atomic E-state index is 11.9. The predicted octanol–water partition coefficient (Wildman–Crippen LogP) is 2.21. The fourth-order valence-electron chi connectivity index (χ4n) is 1.77. The normalized spacial score (nSPS) is 11.7. The minimum Gasteiger partial charge on any atom is -0.461 e. The van der Waals surface area contributed by atoms with E-state index in [1.165, 1.54) is 6.92 Å². The van der Waals surface area contributed by atoms with Gasteiger partial charge in [0.15, 0.2) is 0 Å². The second kappa shape index (κ2) is 8.92. The van der Waals surface area contributed by atoms with Gasteiger partial charge in [-0.2, -0.15) is 0 Å². The zero-order chi connectivity index (χ0) is 17.4. The molecule has 0 bridgehead atoms. The van der Waals surface area contributed by atoms with Gasteiger partial charge in [-0.05, 0) is 30.5 Å². The molecular formula is C17H23NO5. The van der Waals surface area contributed by atoms with Gasteiger partial charge in [-0.3, -0.25) is 9.59 Å². The maximum absolute atomic E-state index is 11.9. The van der Waals surface area contributed by atoms with Crippen LogP contribution in [0.15, 0.2) is 24.3 Å². The number of hydrogen-bond donors (Lipinski definition) is 1. The molecule has 6 heteroatoms. The van der Waals surface area contributed by atoms with Gasteiger partial charge in [0.05, 0.1) is 0 Å². The standard InChI is InChI=1S/C17H23NO5/c1-11(2)9-16(20)18-12(3)17(21)23-15-7-5-14(6-8-15)10-22-13(4)19/h5-8,11-12H,9-10H2,1-4H3,(H,18,20)/t12-/m0/s1. The van der Waals surface area contributed by atoms with Gasteiger partial charge >= 0.3 is 11.9 Å². The van der Waals surface area contributed by atoms with E-state index >= 15 is 0 Å². The van der Waals surface area contributed by atoms with Crippen LogP contribution in [0.1, 0.15) is 39.7 Å². The molecular weight excluding hydrogens is 298 g/mol. The van der Waals surface area contributed by atoms with Crippen LogP contribution in [-0.4, -0.2) is 23.9 Å². The van der Waals surface area contributed by atoms with Gasteiger partial charge in [-0.1, -0.05) is 26.0 Å². The molecule has 0 aromatic heterocycles. The topological polar surface area (TPSA) is 81.7 Å². The first-order valence-electron chi connectivity index (χ1n) is 7.51. The molecule has 1 atom stereocenters. The molecule has 1 N–H and O–H groups in total. The third-order valence-corrected chi connectivity index (χ3v) is 2.91. The Morgan fingerprint density at radius 1 is 1.09 bits per heavy atom. The van der Waals surface area contributed by atoms with E-state index in [9.17, 15) is 14.4 Å². The molecule has 6 nitrogen and oxygen atoms in total. The van der Waals surface area contributed by atoms with Crippen molar-refractivity contribution >= 4 is 17.8 Å². The second-order valence-electron chi connectivity index (χ2n) is 5.73. The number of rotatable bonds is 7. The lowest BCUT2D eigenvalue weighted by Gasteiger charge is -2.14. The van der Waals surface area contributed by atoms with E-state index in [-0.39, 0.29) is 24.4 Å². The number of hydrogen-bond acceptors (Lipinski definition) is 5. The fraction of sp³-hybridized carbons (Fsp3) is 0.471. The lowest BCUT2D eigenvalue weighted by molar-refractivity contribution is -0.142. The van der Waals surface area contributed by atoms with E-state index in [2.05, 4.69) is 5.32 Å². The molecule has 1 rings (SSSR count). The number of carbonyl (C=O) groups is 3. The molecule has 0 saturated heterocycles. The van der Waals surface area contributed by atoms with Crippen molar-refractivity contribution in [2.75, 3.05) is 0 Å². The summed E-state index contributed by atoms with van der Waals surface area (Å²) >= 11 is 0. The molecule has 0 spiro atoms. The lowest BCUT2D eigenvalue weighted by Crippen LogP contribution is -2.41. The Morgan fingerprint density at radius 2 is 1.70 bits per heavy atom. The first kappa shape index (κ1) is 18.7. The van der Waals surface area contributed by atoms with Crippen molar-refractivity contribution in [1.29, 1.82) is 0 Å². The van der Waals surface area contributed by atoms with E-state index in [1.807, 2.05) is 13.8 Å². The molecule has 0 fully saturated rings. The van der Waals surface area contributed by atoms with Crippen LogP contribution in [0, 0.1) is 5.92 Å².